The van der Waals surface area contributed by atoms with Crippen LogP contribution in [0.3, 0.4) is 0 Å². The molecular formula is C13H11F2N3S. The predicted octanol–water partition coefficient (Wildman–Crippen LogP) is 3.48. The van der Waals surface area contributed by atoms with Crippen molar-refractivity contribution in [2.45, 2.75) is 6.92 Å². The first-order chi connectivity index (χ1) is 9.04. The first-order valence-corrected chi connectivity index (χ1v) is 5.91. The van der Waals surface area contributed by atoms with Gasteiger partial charge < -0.3 is 10.6 Å². The van der Waals surface area contributed by atoms with Crippen LogP contribution in [-0.2, 0) is 0 Å². The molecule has 0 aliphatic carbocycles. The van der Waals surface area contributed by atoms with Crippen molar-refractivity contribution in [3.05, 3.63) is 53.7 Å². The number of thiocarbonyl (C=S) groups is 1. The third-order valence-electron chi connectivity index (χ3n) is 2.36. The smallest absolute Gasteiger partial charge is 0.176 e. The third kappa shape index (κ3) is 3.69. The first kappa shape index (κ1) is 13.4. The maximum atomic E-state index is 13.0. The Balaban J connectivity index is 2.07. The lowest BCUT2D eigenvalue weighted by Gasteiger charge is -2.11. The fourth-order valence-electron chi connectivity index (χ4n) is 1.51. The molecule has 2 N–H and O–H groups in total. The SMILES string of the molecule is Cc1cccnc1NC(=S)Nc1cc(F)cc(F)c1. The van der Waals surface area contributed by atoms with E-state index < -0.39 is 11.6 Å². The highest BCUT2D eigenvalue weighted by molar-refractivity contribution is 7.80. The number of hydrogen-bond acceptors (Lipinski definition) is 2. The number of hydrogen-bond donors (Lipinski definition) is 2. The molecule has 0 atom stereocenters. The number of benzene rings is 1. The molecule has 0 spiro atoms. The molecule has 0 bridgehead atoms. The molecular weight excluding hydrogens is 268 g/mol. The van der Waals surface area contributed by atoms with Crippen LogP contribution < -0.4 is 10.6 Å². The van der Waals surface area contributed by atoms with Crippen molar-refractivity contribution in [3.8, 4) is 0 Å². The molecule has 1 aromatic heterocycles. The van der Waals surface area contributed by atoms with Crippen molar-refractivity contribution in [1.29, 1.82) is 0 Å². The van der Waals surface area contributed by atoms with Crippen molar-refractivity contribution in [3.63, 3.8) is 0 Å². The van der Waals surface area contributed by atoms with Crippen molar-refractivity contribution in [2.75, 3.05) is 10.6 Å². The second kappa shape index (κ2) is 5.71. The highest BCUT2D eigenvalue weighted by Gasteiger charge is 2.04. The summed E-state index contributed by atoms with van der Waals surface area (Å²) in [6.45, 7) is 1.87. The molecule has 0 fully saturated rings. The number of nitrogens with one attached hydrogen (secondary N) is 2. The zero-order chi connectivity index (χ0) is 13.8. The van der Waals surface area contributed by atoms with Gasteiger partial charge in [-0.25, -0.2) is 13.8 Å². The Morgan fingerprint density at radius 2 is 1.84 bits per heavy atom. The van der Waals surface area contributed by atoms with Crippen LogP contribution in [0.1, 0.15) is 5.56 Å². The molecule has 0 unspecified atom stereocenters. The summed E-state index contributed by atoms with van der Waals surface area (Å²) in [7, 11) is 0. The molecule has 1 aromatic carbocycles. The van der Waals surface area contributed by atoms with Crippen LogP contribution in [0.5, 0.6) is 0 Å². The molecule has 0 aliphatic rings. The van der Waals surface area contributed by atoms with Gasteiger partial charge in [0.05, 0.1) is 0 Å². The highest BCUT2D eigenvalue weighted by atomic mass is 32.1. The highest BCUT2D eigenvalue weighted by Crippen LogP contribution is 2.14. The van der Waals surface area contributed by atoms with Gasteiger partial charge in [0.15, 0.2) is 5.11 Å². The van der Waals surface area contributed by atoms with E-state index in [0.29, 0.717) is 5.82 Å². The molecule has 0 saturated carbocycles. The van der Waals surface area contributed by atoms with Gasteiger partial charge in [0.25, 0.3) is 0 Å². The van der Waals surface area contributed by atoms with E-state index in [9.17, 15) is 8.78 Å². The number of rotatable bonds is 2. The van der Waals surface area contributed by atoms with Crippen LogP contribution in [0.2, 0.25) is 0 Å². The van der Waals surface area contributed by atoms with E-state index >= 15 is 0 Å². The van der Waals surface area contributed by atoms with E-state index in [2.05, 4.69) is 15.6 Å². The van der Waals surface area contributed by atoms with Gasteiger partial charge in [-0.1, -0.05) is 6.07 Å². The van der Waals surface area contributed by atoms with Crippen molar-refractivity contribution >= 4 is 28.8 Å². The number of pyridine rings is 1. The normalized spacial score (nSPS) is 10.1. The standard InChI is InChI=1S/C13H11F2N3S/c1-8-3-2-4-16-12(8)18-13(19)17-11-6-9(14)5-10(15)7-11/h2-7H,1H3,(H2,16,17,18,19). The van der Waals surface area contributed by atoms with E-state index in [0.717, 1.165) is 23.8 Å². The van der Waals surface area contributed by atoms with Crippen molar-refractivity contribution in [1.82, 2.24) is 4.98 Å². The Hall–Kier alpha value is -2.08. The monoisotopic (exact) mass is 279 g/mol. The largest absolute Gasteiger partial charge is 0.332 e. The average molecular weight is 279 g/mol. The van der Waals surface area contributed by atoms with E-state index in [1.54, 1.807) is 12.3 Å². The molecule has 0 amide bonds. The fraction of sp³-hybridized carbons (Fsp3) is 0.0769. The van der Waals surface area contributed by atoms with E-state index in [1.165, 1.54) is 0 Å². The van der Waals surface area contributed by atoms with Gasteiger partial charge in [-0.3, -0.25) is 0 Å². The maximum Gasteiger partial charge on any atom is 0.176 e. The van der Waals surface area contributed by atoms with Gasteiger partial charge in [-0.05, 0) is 42.9 Å². The second-order valence-electron chi connectivity index (χ2n) is 3.91. The average Bonchev–Trinajstić information content (AvgIpc) is 2.30. The van der Waals surface area contributed by atoms with Crippen LogP contribution in [0.4, 0.5) is 20.3 Å². The minimum absolute atomic E-state index is 0.215. The Morgan fingerprint density at radius 3 is 2.47 bits per heavy atom. The number of aryl methyl sites for hydroxylation is 1. The van der Waals surface area contributed by atoms with Gasteiger partial charge in [0, 0.05) is 18.0 Å². The Kier molecular flexibility index (Phi) is 4.01. The number of nitrogens with zero attached hydrogens (tertiary/aromatic N) is 1. The fourth-order valence-corrected chi connectivity index (χ4v) is 1.73. The van der Waals surface area contributed by atoms with Gasteiger partial charge in [0.2, 0.25) is 0 Å². The Morgan fingerprint density at radius 1 is 1.16 bits per heavy atom. The minimum Gasteiger partial charge on any atom is -0.332 e. The lowest BCUT2D eigenvalue weighted by molar-refractivity contribution is 0.584. The van der Waals surface area contributed by atoms with Crippen LogP contribution >= 0.6 is 12.2 Å². The molecule has 0 aliphatic heterocycles. The van der Waals surface area contributed by atoms with Crippen LogP contribution in [0, 0.1) is 18.6 Å². The maximum absolute atomic E-state index is 13.0. The topological polar surface area (TPSA) is 37.0 Å². The summed E-state index contributed by atoms with van der Waals surface area (Å²) in [5.41, 5.74) is 1.15. The van der Waals surface area contributed by atoms with Gasteiger partial charge >= 0.3 is 0 Å². The molecule has 2 aromatic rings. The summed E-state index contributed by atoms with van der Waals surface area (Å²) in [6.07, 6.45) is 1.62. The van der Waals surface area contributed by atoms with Crippen molar-refractivity contribution in [2.24, 2.45) is 0 Å². The van der Waals surface area contributed by atoms with Crippen LogP contribution in [0.15, 0.2) is 36.5 Å². The lowest BCUT2D eigenvalue weighted by Crippen LogP contribution is -2.20. The third-order valence-corrected chi connectivity index (χ3v) is 2.57. The first-order valence-electron chi connectivity index (χ1n) is 5.50. The zero-order valence-corrected chi connectivity index (χ0v) is 10.9. The molecule has 1 heterocycles. The molecule has 0 saturated heterocycles. The molecule has 98 valence electrons. The molecule has 19 heavy (non-hydrogen) atoms. The molecule has 0 radical (unpaired) electrons. The van der Waals surface area contributed by atoms with Gasteiger partial charge in [-0.15, -0.1) is 0 Å². The van der Waals surface area contributed by atoms with E-state index in [-0.39, 0.29) is 10.8 Å². The number of halogens is 2. The second-order valence-corrected chi connectivity index (χ2v) is 4.31. The summed E-state index contributed by atoms with van der Waals surface area (Å²) in [6, 6.07) is 6.79. The Bertz CT molecular complexity index is 596. The summed E-state index contributed by atoms with van der Waals surface area (Å²) in [5.74, 6) is -0.740. The summed E-state index contributed by atoms with van der Waals surface area (Å²) < 4.78 is 26.0. The van der Waals surface area contributed by atoms with E-state index in [1.807, 2.05) is 13.0 Å². The number of aromatic nitrogens is 1. The van der Waals surface area contributed by atoms with Gasteiger partial charge in [0.1, 0.15) is 17.5 Å². The van der Waals surface area contributed by atoms with Crippen LogP contribution in [0.25, 0.3) is 0 Å². The predicted molar refractivity (Wildman–Crippen MR) is 75.2 cm³/mol. The Labute approximate surface area is 114 Å². The number of anilines is 2. The molecule has 2 rings (SSSR count). The zero-order valence-electron chi connectivity index (χ0n) is 10.1. The minimum atomic E-state index is -0.667. The quantitative estimate of drug-likeness (QED) is 0.825. The lowest BCUT2D eigenvalue weighted by atomic mass is 10.3. The molecule has 6 heteroatoms. The summed E-state index contributed by atoms with van der Waals surface area (Å²) >= 11 is 5.06. The van der Waals surface area contributed by atoms with Crippen LogP contribution in [-0.4, -0.2) is 10.1 Å². The van der Waals surface area contributed by atoms with Gasteiger partial charge in [-0.2, -0.15) is 0 Å². The summed E-state index contributed by atoms with van der Waals surface area (Å²) in [5, 5.41) is 5.78. The molecule has 3 nitrogen and oxygen atoms in total. The van der Waals surface area contributed by atoms with E-state index in [4.69, 9.17) is 12.2 Å². The summed E-state index contributed by atoms with van der Waals surface area (Å²) in [4.78, 5) is 4.11. The van der Waals surface area contributed by atoms with Crippen molar-refractivity contribution < 1.29 is 8.78 Å².